The summed E-state index contributed by atoms with van der Waals surface area (Å²) in [4.78, 5) is 29.5. The third-order valence-electron chi connectivity index (χ3n) is 3.45. The lowest BCUT2D eigenvalue weighted by Crippen LogP contribution is -2.22. The number of carbonyl (C=O) groups excluding carboxylic acids is 2. The highest BCUT2D eigenvalue weighted by molar-refractivity contribution is 5.96. The number of anilines is 1. The summed E-state index contributed by atoms with van der Waals surface area (Å²) in [5.74, 6) is 0.233. The zero-order chi connectivity index (χ0) is 15.2. The van der Waals surface area contributed by atoms with E-state index in [1.54, 1.807) is 26.2 Å². The fourth-order valence-corrected chi connectivity index (χ4v) is 2.35. The van der Waals surface area contributed by atoms with E-state index in [0.717, 1.165) is 19.3 Å². The van der Waals surface area contributed by atoms with Crippen molar-refractivity contribution in [2.24, 2.45) is 0 Å². The van der Waals surface area contributed by atoms with Crippen LogP contribution in [0.2, 0.25) is 0 Å². The van der Waals surface area contributed by atoms with Crippen LogP contribution in [0.5, 0.6) is 0 Å². The zero-order valence-corrected chi connectivity index (χ0v) is 12.6. The molecule has 0 unspecified atom stereocenters. The van der Waals surface area contributed by atoms with Crippen LogP contribution in [0.4, 0.5) is 5.82 Å². The van der Waals surface area contributed by atoms with Crippen molar-refractivity contribution in [3.63, 3.8) is 0 Å². The van der Waals surface area contributed by atoms with Crippen molar-refractivity contribution in [3.05, 3.63) is 35.5 Å². The lowest BCUT2D eigenvalue weighted by molar-refractivity contribution is -0.115. The van der Waals surface area contributed by atoms with Gasteiger partial charge in [-0.15, -0.1) is 0 Å². The van der Waals surface area contributed by atoms with Crippen molar-refractivity contribution in [2.75, 3.05) is 19.4 Å². The van der Waals surface area contributed by atoms with Gasteiger partial charge in [0.1, 0.15) is 5.82 Å². The van der Waals surface area contributed by atoms with Crippen molar-refractivity contribution in [1.29, 1.82) is 0 Å². The smallest absolute Gasteiger partial charge is 0.253 e. The molecule has 1 aliphatic carbocycles. The highest BCUT2D eigenvalue weighted by Gasteiger charge is 2.12. The van der Waals surface area contributed by atoms with Gasteiger partial charge in [0.2, 0.25) is 5.91 Å². The van der Waals surface area contributed by atoms with Crippen molar-refractivity contribution < 1.29 is 9.59 Å². The average molecular weight is 287 g/mol. The molecule has 0 aromatic carbocycles. The summed E-state index contributed by atoms with van der Waals surface area (Å²) in [5.41, 5.74) is 1.71. The molecule has 1 N–H and O–H groups in total. The third-order valence-corrected chi connectivity index (χ3v) is 3.45. The molecule has 2 rings (SSSR count). The maximum absolute atomic E-state index is 12.0. The summed E-state index contributed by atoms with van der Waals surface area (Å²) < 4.78 is 0. The molecule has 112 valence electrons. The zero-order valence-electron chi connectivity index (χ0n) is 12.6. The number of amides is 2. The Morgan fingerprint density at radius 1 is 1.33 bits per heavy atom. The SMILES string of the molecule is CN(C)C(=O)c1ccnc(NC(=O)CC2=CCCCC2)c1. The molecule has 1 aromatic rings. The maximum Gasteiger partial charge on any atom is 0.253 e. The fraction of sp³-hybridized carbons (Fsp3) is 0.438. The Morgan fingerprint density at radius 2 is 2.14 bits per heavy atom. The molecule has 0 aliphatic heterocycles. The molecule has 1 aliphatic rings. The molecule has 0 saturated heterocycles. The van der Waals surface area contributed by atoms with E-state index in [1.807, 2.05) is 0 Å². The summed E-state index contributed by atoms with van der Waals surface area (Å²) >= 11 is 0. The Morgan fingerprint density at radius 3 is 2.81 bits per heavy atom. The number of nitrogens with zero attached hydrogens (tertiary/aromatic N) is 2. The summed E-state index contributed by atoms with van der Waals surface area (Å²) in [6.07, 6.45) is 8.53. The molecule has 5 nitrogen and oxygen atoms in total. The summed E-state index contributed by atoms with van der Waals surface area (Å²) in [5, 5.41) is 2.76. The van der Waals surface area contributed by atoms with E-state index in [4.69, 9.17) is 0 Å². The topological polar surface area (TPSA) is 62.3 Å². The minimum Gasteiger partial charge on any atom is -0.345 e. The largest absolute Gasteiger partial charge is 0.345 e. The number of pyridine rings is 1. The minimum absolute atomic E-state index is 0.0786. The van der Waals surface area contributed by atoms with E-state index in [2.05, 4.69) is 16.4 Å². The van der Waals surface area contributed by atoms with Gasteiger partial charge in [0, 0.05) is 32.3 Å². The van der Waals surface area contributed by atoms with Crippen LogP contribution in [0.1, 0.15) is 42.5 Å². The van der Waals surface area contributed by atoms with Crippen LogP contribution in [0.25, 0.3) is 0 Å². The van der Waals surface area contributed by atoms with E-state index in [0.29, 0.717) is 17.8 Å². The highest BCUT2D eigenvalue weighted by atomic mass is 16.2. The fourth-order valence-electron chi connectivity index (χ4n) is 2.35. The molecule has 21 heavy (non-hydrogen) atoms. The van der Waals surface area contributed by atoms with Gasteiger partial charge >= 0.3 is 0 Å². The van der Waals surface area contributed by atoms with E-state index in [1.165, 1.54) is 23.1 Å². The Kier molecular flexibility index (Phi) is 5.09. The second kappa shape index (κ2) is 7.02. The van der Waals surface area contributed by atoms with Gasteiger partial charge < -0.3 is 10.2 Å². The highest BCUT2D eigenvalue weighted by Crippen LogP contribution is 2.20. The van der Waals surface area contributed by atoms with Gasteiger partial charge in [0.25, 0.3) is 5.91 Å². The molecule has 1 heterocycles. The second-order valence-corrected chi connectivity index (χ2v) is 5.46. The molecule has 0 atom stereocenters. The van der Waals surface area contributed by atoms with Gasteiger partial charge in [-0.3, -0.25) is 9.59 Å². The number of allylic oxidation sites excluding steroid dienone is 1. The van der Waals surface area contributed by atoms with Crippen LogP contribution < -0.4 is 5.32 Å². The van der Waals surface area contributed by atoms with Gasteiger partial charge in [-0.2, -0.15) is 0 Å². The first-order valence-electron chi connectivity index (χ1n) is 7.22. The molecule has 0 spiro atoms. The van der Waals surface area contributed by atoms with Gasteiger partial charge in [0.05, 0.1) is 0 Å². The molecule has 5 heteroatoms. The van der Waals surface area contributed by atoms with Gasteiger partial charge in [-0.25, -0.2) is 4.98 Å². The predicted octanol–water partition coefficient (Wildman–Crippen LogP) is 2.61. The van der Waals surface area contributed by atoms with E-state index >= 15 is 0 Å². The summed E-state index contributed by atoms with van der Waals surface area (Å²) in [6, 6.07) is 3.25. The van der Waals surface area contributed by atoms with Crippen LogP contribution in [0.15, 0.2) is 30.0 Å². The minimum atomic E-state index is -0.108. The number of aromatic nitrogens is 1. The third kappa shape index (κ3) is 4.41. The number of hydrogen-bond acceptors (Lipinski definition) is 3. The maximum atomic E-state index is 12.0. The first-order valence-corrected chi connectivity index (χ1v) is 7.22. The number of rotatable bonds is 4. The van der Waals surface area contributed by atoms with E-state index < -0.39 is 0 Å². The second-order valence-electron chi connectivity index (χ2n) is 5.46. The Bertz CT molecular complexity index is 564. The van der Waals surface area contributed by atoms with Crippen molar-refractivity contribution >= 4 is 17.6 Å². The first-order chi connectivity index (χ1) is 10.1. The number of nitrogens with one attached hydrogen (secondary N) is 1. The molecule has 1 aromatic heterocycles. The van der Waals surface area contributed by atoms with Crippen molar-refractivity contribution in [2.45, 2.75) is 32.1 Å². The Labute approximate surface area is 125 Å². The van der Waals surface area contributed by atoms with Gasteiger partial charge in [-0.05, 0) is 37.8 Å². The molecule has 0 fully saturated rings. The van der Waals surface area contributed by atoms with Crippen molar-refractivity contribution in [1.82, 2.24) is 9.88 Å². The lowest BCUT2D eigenvalue weighted by Gasteiger charge is -2.13. The number of carbonyl (C=O) groups is 2. The van der Waals surface area contributed by atoms with Crippen LogP contribution in [0, 0.1) is 0 Å². The first kappa shape index (κ1) is 15.2. The lowest BCUT2D eigenvalue weighted by atomic mass is 9.97. The van der Waals surface area contributed by atoms with Crippen LogP contribution in [-0.2, 0) is 4.79 Å². The quantitative estimate of drug-likeness (QED) is 0.866. The Hall–Kier alpha value is -2.17. The Balaban J connectivity index is 1.99. The van der Waals surface area contributed by atoms with E-state index in [9.17, 15) is 9.59 Å². The number of hydrogen-bond donors (Lipinski definition) is 1. The van der Waals surface area contributed by atoms with Gasteiger partial charge in [-0.1, -0.05) is 11.6 Å². The molecule has 0 saturated carbocycles. The molecule has 2 amide bonds. The average Bonchev–Trinajstić information content (AvgIpc) is 2.47. The van der Waals surface area contributed by atoms with E-state index in [-0.39, 0.29) is 11.8 Å². The molecule has 0 bridgehead atoms. The van der Waals surface area contributed by atoms with Crippen LogP contribution in [0.3, 0.4) is 0 Å². The normalized spacial score (nSPS) is 14.3. The van der Waals surface area contributed by atoms with Crippen LogP contribution in [-0.4, -0.2) is 35.8 Å². The van der Waals surface area contributed by atoms with Crippen LogP contribution >= 0.6 is 0 Å². The molecule has 0 radical (unpaired) electrons. The monoisotopic (exact) mass is 287 g/mol. The summed E-state index contributed by atoms with van der Waals surface area (Å²) in [7, 11) is 3.38. The molecular weight excluding hydrogens is 266 g/mol. The van der Waals surface area contributed by atoms with Crippen molar-refractivity contribution in [3.8, 4) is 0 Å². The summed E-state index contributed by atoms with van der Waals surface area (Å²) in [6.45, 7) is 0. The predicted molar refractivity (Wildman–Crippen MR) is 82.1 cm³/mol. The van der Waals surface area contributed by atoms with Gasteiger partial charge in [0.15, 0.2) is 0 Å². The molecular formula is C16H21N3O2. The standard InChI is InChI=1S/C16H21N3O2/c1-19(2)16(21)13-8-9-17-14(11-13)18-15(20)10-12-6-4-3-5-7-12/h6,8-9,11H,3-5,7,10H2,1-2H3,(H,17,18,20).